The van der Waals surface area contributed by atoms with E-state index in [1.807, 2.05) is 36.4 Å². The highest BCUT2D eigenvalue weighted by Crippen LogP contribution is 2.30. The lowest BCUT2D eigenvalue weighted by molar-refractivity contribution is -0.113. The fraction of sp³-hybridized carbons (Fsp3) is 0.0714. The summed E-state index contributed by atoms with van der Waals surface area (Å²) in [6.45, 7) is 0. The van der Waals surface area contributed by atoms with Crippen LogP contribution in [0.25, 0.3) is 21.9 Å². The lowest BCUT2D eigenvalue weighted by Gasteiger charge is -2.01. The Kier molecular flexibility index (Phi) is 2.68. The third kappa shape index (κ3) is 1.83. The van der Waals surface area contributed by atoms with Crippen molar-refractivity contribution < 1.29 is 9.21 Å². The Balaban J connectivity index is 2.12. The van der Waals surface area contributed by atoms with Crippen LogP contribution >= 0.6 is 11.6 Å². The van der Waals surface area contributed by atoms with Crippen molar-refractivity contribution >= 4 is 45.1 Å². The Morgan fingerprint density at radius 1 is 1.11 bits per heavy atom. The summed E-state index contributed by atoms with van der Waals surface area (Å²) in [5.74, 6) is -0.287. The third-order valence-electron chi connectivity index (χ3n) is 2.78. The van der Waals surface area contributed by atoms with E-state index >= 15 is 0 Å². The minimum Gasteiger partial charge on any atom is -0.456 e. The van der Waals surface area contributed by atoms with Crippen LogP contribution in [0.2, 0.25) is 0 Å². The van der Waals surface area contributed by atoms with Crippen molar-refractivity contribution in [2.24, 2.45) is 0 Å². The Morgan fingerprint density at radius 2 is 1.89 bits per heavy atom. The highest BCUT2D eigenvalue weighted by molar-refractivity contribution is 6.29. The van der Waals surface area contributed by atoms with Gasteiger partial charge in [-0.25, -0.2) is 0 Å². The molecule has 0 unspecified atom stereocenters. The Hall–Kier alpha value is -2.00. The predicted molar refractivity (Wildman–Crippen MR) is 73.1 cm³/mol. The average Bonchev–Trinajstić information content (AvgIpc) is 2.76. The fourth-order valence-corrected chi connectivity index (χ4v) is 2.06. The number of para-hydroxylation sites is 1. The van der Waals surface area contributed by atoms with E-state index in [2.05, 4.69) is 5.32 Å². The molecule has 0 saturated heterocycles. The van der Waals surface area contributed by atoms with Crippen molar-refractivity contribution in [2.75, 3.05) is 11.2 Å². The molecule has 0 saturated carbocycles. The molecule has 3 nitrogen and oxygen atoms in total. The van der Waals surface area contributed by atoms with Crippen LogP contribution in [0.4, 0.5) is 5.69 Å². The van der Waals surface area contributed by atoms with Crippen LogP contribution in [0.3, 0.4) is 0 Å². The Labute approximate surface area is 108 Å². The van der Waals surface area contributed by atoms with Crippen molar-refractivity contribution in [2.45, 2.75) is 0 Å². The number of anilines is 1. The summed E-state index contributed by atoms with van der Waals surface area (Å²) < 4.78 is 5.72. The summed E-state index contributed by atoms with van der Waals surface area (Å²) in [4.78, 5) is 11.2. The third-order valence-corrected chi connectivity index (χ3v) is 3.03. The first-order valence-corrected chi connectivity index (χ1v) is 6.08. The van der Waals surface area contributed by atoms with Gasteiger partial charge in [0.25, 0.3) is 0 Å². The largest absolute Gasteiger partial charge is 0.456 e. The summed E-state index contributed by atoms with van der Waals surface area (Å²) >= 11 is 5.45. The molecular formula is C14H10ClNO2. The summed E-state index contributed by atoms with van der Waals surface area (Å²) in [5, 5.41) is 4.81. The Morgan fingerprint density at radius 3 is 2.72 bits per heavy atom. The molecule has 2 aromatic carbocycles. The van der Waals surface area contributed by atoms with E-state index in [4.69, 9.17) is 16.0 Å². The first kappa shape index (κ1) is 11.1. The molecule has 3 rings (SSSR count). The van der Waals surface area contributed by atoms with Gasteiger partial charge in [0.15, 0.2) is 0 Å². The lowest BCUT2D eigenvalue weighted by Crippen LogP contribution is -2.12. The van der Waals surface area contributed by atoms with Crippen LogP contribution < -0.4 is 5.32 Å². The quantitative estimate of drug-likeness (QED) is 0.712. The number of benzene rings is 2. The molecule has 4 heteroatoms. The SMILES string of the molecule is O=C(CCl)Nc1ccc2c(c1)oc1ccccc12. The first-order valence-electron chi connectivity index (χ1n) is 5.55. The molecular weight excluding hydrogens is 250 g/mol. The number of halogens is 1. The molecule has 0 aliphatic rings. The van der Waals surface area contributed by atoms with E-state index in [1.54, 1.807) is 6.07 Å². The second-order valence-corrected chi connectivity index (χ2v) is 4.26. The smallest absolute Gasteiger partial charge is 0.239 e. The second kappa shape index (κ2) is 4.35. The molecule has 0 atom stereocenters. The monoisotopic (exact) mass is 259 g/mol. The van der Waals surface area contributed by atoms with Gasteiger partial charge in [0.05, 0.1) is 0 Å². The van der Waals surface area contributed by atoms with E-state index < -0.39 is 0 Å². The van der Waals surface area contributed by atoms with Gasteiger partial charge in [-0.15, -0.1) is 11.6 Å². The highest BCUT2D eigenvalue weighted by Gasteiger charge is 2.07. The van der Waals surface area contributed by atoms with Gasteiger partial charge < -0.3 is 9.73 Å². The fourth-order valence-electron chi connectivity index (χ4n) is 2.00. The lowest BCUT2D eigenvalue weighted by atomic mass is 10.1. The number of hydrogen-bond acceptors (Lipinski definition) is 2. The molecule has 1 aromatic heterocycles. The maximum Gasteiger partial charge on any atom is 0.239 e. The number of hydrogen-bond donors (Lipinski definition) is 1. The molecule has 0 aliphatic heterocycles. The molecule has 18 heavy (non-hydrogen) atoms. The van der Waals surface area contributed by atoms with Gasteiger partial charge in [-0.05, 0) is 18.2 Å². The molecule has 0 aliphatic carbocycles. The number of alkyl halides is 1. The maximum atomic E-state index is 11.2. The number of rotatable bonds is 2. The number of fused-ring (bicyclic) bond motifs is 3. The van der Waals surface area contributed by atoms with E-state index in [0.717, 1.165) is 21.9 Å². The van der Waals surface area contributed by atoms with Gasteiger partial charge in [0, 0.05) is 22.5 Å². The van der Waals surface area contributed by atoms with Crippen molar-refractivity contribution in [3.05, 3.63) is 42.5 Å². The van der Waals surface area contributed by atoms with Crippen LogP contribution in [0.5, 0.6) is 0 Å². The molecule has 1 N–H and O–H groups in total. The standard InChI is InChI=1S/C14H10ClNO2/c15-8-14(17)16-9-5-6-11-10-3-1-2-4-12(10)18-13(11)7-9/h1-7H,8H2,(H,16,17). The Bertz CT molecular complexity index is 733. The van der Waals surface area contributed by atoms with Gasteiger partial charge in [-0.2, -0.15) is 0 Å². The number of amides is 1. The normalized spacial score (nSPS) is 10.9. The first-order chi connectivity index (χ1) is 8.78. The van der Waals surface area contributed by atoms with Crippen molar-refractivity contribution in [1.29, 1.82) is 0 Å². The minimum absolute atomic E-state index is 0.0574. The van der Waals surface area contributed by atoms with Crippen molar-refractivity contribution in [1.82, 2.24) is 0 Å². The number of furan rings is 1. The summed E-state index contributed by atoms with van der Waals surface area (Å²) in [5.41, 5.74) is 2.28. The van der Waals surface area contributed by atoms with Gasteiger partial charge in [-0.1, -0.05) is 18.2 Å². The van der Waals surface area contributed by atoms with E-state index in [0.29, 0.717) is 5.69 Å². The summed E-state index contributed by atoms with van der Waals surface area (Å²) in [6.07, 6.45) is 0. The van der Waals surface area contributed by atoms with E-state index in [9.17, 15) is 4.79 Å². The van der Waals surface area contributed by atoms with Gasteiger partial charge in [0.1, 0.15) is 17.0 Å². The van der Waals surface area contributed by atoms with Crippen LogP contribution in [0.1, 0.15) is 0 Å². The summed E-state index contributed by atoms with van der Waals surface area (Å²) in [6, 6.07) is 13.4. The number of carbonyl (C=O) groups is 1. The second-order valence-electron chi connectivity index (χ2n) is 3.99. The average molecular weight is 260 g/mol. The zero-order chi connectivity index (χ0) is 12.5. The van der Waals surface area contributed by atoms with Gasteiger partial charge in [-0.3, -0.25) is 4.79 Å². The zero-order valence-electron chi connectivity index (χ0n) is 9.44. The molecule has 0 fully saturated rings. The van der Waals surface area contributed by atoms with E-state index in [-0.39, 0.29) is 11.8 Å². The molecule has 0 radical (unpaired) electrons. The molecule has 90 valence electrons. The van der Waals surface area contributed by atoms with Crippen LogP contribution in [-0.2, 0) is 4.79 Å². The van der Waals surface area contributed by atoms with Crippen molar-refractivity contribution in [3.63, 3.8) is 0 Å². The van der Waals surface area contributed by atoms with Gasteiger partial charge in [0.2, 0.25) is 5.91 Å². The van der Waals surface area contributed by atoms with Gasteiger partial charge >= 0.3 is 0 Å². The predicted octanol–water partition coefficient (Wildman–Crippen LogP) is 3.76. The van der Waals surface area contributed by atoms with Crippen LogP contribution in [0.15, 0.2) is 46.9 Å². The minimum atomic E-state index is -0.230. The zero-order valence-corrected chi connectivity index (χ0v) is 10.2. The maximum absolute atomic E-state index is 11.2. The molecule has 3 aromatic rings. The van der Waals surface area contributed by atoms with Crippen molar-refractivity contribution in [3.8, 4) is 0 Å². The van der Waals surface area contributed by atoms with Crippen LogP contribution in [0, 0.1) is 0 Å². The molecule has 0 spiro atoms. The molecule has 1 amide bonds. The molecule has 0 bridgehead atoms. The number of carbonyl (C=O) groups excluding carboxylic acids is 1. The molecule has 1 heterocycles. The van der Waals surface area contributed by atoms with E-state index in [1.165, 1.54) is 0 Å². The topological polar surface area (TPSA) is 42.2 Å². The highest BCUT2D eigenvalue weighted by atomic mass is 35.5. The van der Waals surface area contributed by atoms with Crippen LogP contribution in [-0.4, -0.2) is 11.8 Å². The number of nitrogens with one attached hydrogen (secondary N) is 1. The summed E-state index contributed by atoms with van der Waals surface area (Å²) in [7, 11) is 0.